The summed E-state index contributed by atoms with van der Waals surface area (Å²) in [5.74, 6) is 0. The minimum atomic E-state index is -2.97. The minimum Gasteiger partial charge on any atom is -0.410 e. The van der Waals surface area contributed by atoms with Gasteiger partial charge in [-0.1, -0.05) is 5.16 Å². The quantitative estimate of drug-likeness (QED) is 0.256. The lowest BCUT2D eigenvalue weighted by atomic mass is 10.5. The Hall–Kier alpha value is 0.270. The molecule has 18 heavy (non-hydrogen) atoms. The lowest BCUT2D eigenvalue weighted by molar-refractivity contribution is 0.0543. The number of hydrogen-bond acceptors (Lipinski definition) is 5. The molecule has 0 radical (unpaired) electrons. The predicted octanol–water partition coefficient (Wildman–Crippen LogP) is 1.02. The summed E-state index contributed by atoms with van der Waals surface area (Å²) in [7, 11) is -2.97. The van der Waals surface area contributed by atoms with Crippen LogP contribution in [0.5, 0.6) is 0 Å². The molecule has 2 fully saturated rings. The van der Waals surface area contributed by atoms with Gasteiger partial charge in [0.1, 0.15) is 0 Å². The number of rotatable bonds is 3. The van der Waals surface area contributed by atoms with Crippen LogP contribution < -0.4 is 0 Å². The van der Waals surface area contributed by atoms with E-state index in [9.17, 15) is 4.57 Å². The normalized spacial score (nSPS) is 25.3. The summed E-state index contributed by atoms with van der Waals surface area (Å²) in [6, 6.07) is 0. The first-order chi connectivity index (χ1) is 8.69. The molecule has 0 bridgehead atoms. The van der Waals surface area contributed by atoms with Gasteiger partial charge in [-0.3, -0.25) is 4.57 Å². The number of hydrogen-bond donors (Lipinski definition) is 1. The lowest BCUT2D eigenvalue weighted by Gasteiger charge is -2.41. The second-order valence-electron chi connectivity index (χ2n) is 4.05. The lowest BCUT2D eigenvalue weighted by Crippen LogP contribution is -2.44. The fourth-order valence-electron chi connectivity index (χ4n) is 2.12. The molecule has 7 nitrogen and oxygen atoms in total. The molecule has 2 heterocycles. The summed E-state index contributed by atoms with van der Waals surface area (Å²) in [6.45, 7) is 4.61. The topological polar surface area (TPSA) is 74.6 Å². The Morgan fingerprint density at radius 2 is 1.44 bits per heavy atom. The Bertz CT molecular complexity index is 334. The number of ether oxygens (including phenoxy) is 2. The highest BCUT2D eigenvalue weighted by Gasteiger charge is 2.42. The van der Waals surface area contributed by atoms with Crippen LogP contribution in [-0.2, 0) is 14.0 Å². The summed E-state index contributed by atoms with van der Waals surface area (Å²) in [5.41, 5.74) is 0. The zero-order chi connectivity index (χ0) is 13.0. The molecule has 0 amide bonds. The number of oxime groups is 1. The van der Waals surface area contributed by atoms with Crippen LogP contribution in [0.25, 0.3) is 0 Å². The van der Waals surface area contributed by atoms with E-state index in [2.05, 4.69) is 5.16 Å². The van der Waals surface area contributed by atoms with Crippen molar-refractivity contribution in [2.45, 2.75) is 0 Å². The maximum absolute atomic E-state index is 13.3. The molecule has 0 aliphatic carbocycles. The Morgan fingerprint density at radius 3 is 1.78 bits per heavy atom. The summed E-state index contributed by atoms with van der Waals surface area (Å²) < 4.78 is 27.9. The van der Waals surface area contributed by atoms with Gasteiger partial charge in [0.05, 0.1) is 26.4 Å². The monoisotopic (exact) mass is 389 g/mol. The van der Waals surface area contributed by atoms with Gasteiger partial charge in [-0.2, -0.15) is 0 Å². The van der Waals surface area contributed by atoms with E-state index in [0.717, 1.165) is 0 Å². The molecule has 0 spiro atoms. The van der Waals surface area contributed by atoms with Crippen molar-refractivity contribution >= 4 is 33.5 Å². The molecule has 104 valence electrons. The van der Waals surface area contributed by atoms with Crippen LogP contribution in [-0.4, -0.2) is 70.6 Å². The largest absolute Gasteiger partial charge is 0.410 e. The van der Waals surface area contributed by atoms with Crippen molar-refractivity contribution in [2.75, 3.05) is 52.6 Å². The van der Waals surface area contributed by atoms with Crippen molar-refractivity contribution in [3.63, 3.8) is 0 Å². The molecule has 0 aromatic rings. The SMILES string of the molecule is O=P(/C(I)=N/O)(N1CCOCC1)N1CCOCC1. The number of nitrogens with zero attached hydrogens (tertiary/aromatic N) is 3. The fourth-order valence-corrected chi connectivity index (χ4v) is 6.30. The van der Waals surface area contributed by atoms with Crippen molar-refractivity contribution in [3.05, 3.63) is 0 Å². The van der Waals surface area contributed by atoms with Gasteiger partial charge in [0.15, 0.2) is 0 Å². The van der Waals surface area contributed by atoms with Crippen LogP contribution in [0.15, 0.2) is 5.16 Å². The zero-order valence-electron chi connectivity index (χ0n) is 10.00. The molecule has 0 aromatic carbocycles. The van der Waals surface area contributed by atoms with Gasteiger partial charge < -0.3 is 14.7 Å². The highest BCUT2D eigenvalue weighted by atomic mass is 127. The Balaban J connectivity index is 2.23. The number of morpholine rings is 2. The van der Waals surface area contributed by atoms with Crippen LogP contribution in [0.1, 0.15) is 0 Å². The van der Waals surface area contributed by atoms with E-state index in [-0.39, 0.29) is 3.46 Å². The van der Waals surface area contributed by atoms with Crippen molar-refractivity contribution in [3.8, 4) is 0 Å². The molecular formula is C9H17IN3O4P. The number of halogens is 1. The second-order valence-corrected chi connectivity index (χ2v) is 8.56. The van der Waals surface area contributed by atoms with Crippen molar-refractivity contribution < 1.29 is 19.2 Å². The first-order valence-electron chi connectivity index (χ1n) is 5.84. The van der Waals surface area contributed by atoms with E-state index < -0.39 is 7.44 Å². The Morgan fingerprint density at radius 1 is 1.06 bits per heavy atom. The summed E-state index contributed by atoms with van der Waals surface area (Å²) in [4.78, 5) is 0. The summed E-state index contributed by atoms with van der Waals surface area (Å²) in [5, 5.41) is 12.2. The first-order valence-corrected chi connectivity index (χ1v) is 8.53. The molecule has 2 saturated heterocycles. The molecule has 0 aromatic heterocycles. The van der Waals surface area contributed by atoms with E-state index in [4.69, 9.17) is 14.7 Å². The third-order valence-corrected chi connectivity index (χ3v) is 8.07. The predicted molar refractivity (Wildman–Crippen MR) is 75.6 cm³/mol. The zero-order valence-corrected chi connectivity index (χ0v) is 13.0. The van der Waals surface area contributed by atoms with Gasteiger partial charge in [-0.15, -0.1) is 0 Å². The molecule has 0 unspecified atom stereocenters. The van der Waals surface area contributed by atoms with Crippen molar-refractivity contribution in [1.82, 2.24) is 9.34 Å². The third kappa shape index (κ3) is 2.88. The molecule has 1 N–H and O–H groups in total. The molecule has 2 aliphatic heterocycles. The van der Waals surface area contributed by atoms with Gasteiger partial charge in [0, 0.05) is 26.2 Å². The van der Waals surface area contributed by atoms with Crippen molar-refractivity contribution in [1.29, 1.82) is 0 Å². The van der Waals surface area contributed by atoms with Gasteiger partial charge in [-0.05, 0) is 22.6 Å². The second kappa shape index (κ2) is 6.62. The van der Waals surface area contributed by atoms with Crippen LogP contribution in [0, 0.1) is 0 Å². The molecule has 2 aliphatic rings. The van der Waals surface area contributed by atoms with E-state index >= 15 is 0 Å². The maximum atomic E-state index is 13.3. The maximum Gasteiger partial charge on any atom is 0.273 e. The molecule has 0 atom stereocenters. The van der Waals surface area contributed by atoms with Crippen LogP contribution in [0.3, 0.4) is 0 Å². The van der Waals surface area contributed by atoms with Crippen molar-refractivity contribution in [2.24, 2.45) is 5.16 Å². The average Bonchev–Trinajstić information content (AvgIpc) is 2.47. The molecule has 2 rings (SSSR count). The van der Waals surface area contributed by atoms with Crippen LogP contribution in [0.4, 0.5) is 0 Å². The standard InChI is InChI=1S/C9H17IN3O4P/c10-9(11-14)18(15,12-1-5-16-6-2-12)13-3-7-17-8-4-13/h14H,1-8H2/b11-9+. The minimum absolute atomic E-state index is 0.254. The van der Waals surface area contributed by atoms with E-state index in [0.29, 0.717) is 52.6 Å². The molecule has 9 heteroatoms. The highest BCUT2D eigenvalue weighted by molar-refractivity contribution is 14.1. The fraction of sp³-hybridized carbons (Fsp3) is 0.889. The summed E-state index contributed by atoms with van der Waals surface area (Å²) >= 11 is 1.86. The highest BCUT2D eigenvalue weighted by Crippen LogP contribution is 2.56. The summed E-state index contributed by atoms with van der Waals surface area (Å²) in [6.07, 6.45) is 0. The third-order valence-electron chi connectivity index (χ3n) is 3.06. The van der Waals surface area contributed by atoms with Gasteiger partial charge in [0.25, 0.3) is 7.44 Å². The average molecular weight is 389 g/mol. The van der Waals surface area contributed by atoms with Gasteiger partial charge in [-0.25, -0.2) is 9.34 Å². The molecule has 0 saturated carbocycles. The first kappa shape index (κ1) is 14.7. The Labute approximate surface area is 120 Å². The van der Waals surface area contributed by atoms with E-state index in [1.54, 1.807) is 0 Å². The van der Waals surface area contributed by atoms with E-state index in [1.807, 2.05) is 31.9 Å². The van der Waals surface area contributed by atoms with Crippen LogP contribution >= 0.6 is 30.0 Å². The van der Waals surface area contributed by atoms with Crippen LogP contribution in [0.2, 0.25) is 0 Å². The smallest absolute Gasteiger partial charge is 0.273 e. The molecular weight excluding hydrogens is 372 g/mol. The van der Waals surface area contributed by atoms with E-state index in [1.165, 1.54) is 0 Å². The Kier molecular flexibility index (Phi) is 5.40. The van der Waals surface area contributed by atoms with Gasteiger partial charge >= 0.3 is 0 Å². The van der Waals surface area contributed by atoms with Gasteiger partial charge in [0.2, 0.25) is 3.46 Å².